The number of carbonyl (C=O) groups is 1. The molecular formula is C13H12F2N2O2. The molecule has 100 valence electrons. The van der Waals surface area contributed by atoms with Gasteiger partial charge in [0.15, 0.2) is 11.6 Å². The van der Waals surface area contributed by atoms with Crippen LogP contribution in [0.5, 0.6) is 0 Å². The molecule has 1 aromatic carbocycles. The van der Waals surface area contributed by atoms with E-state index in [9.17, 15) is 13.6 Å². The summed E-state index contributed by atoms with van der Waals surface area (Å²) < 4.78 is 25.9. The van der Waals surface area contributed by atoms with E-state index in [0.29, 0.717) is 17.1 Å². The minimum absolute atomic E-state index is 0.0509. The summed E-state index contributed by atoms with van der Waals surface area (Å²) in [5.74, 6) is -2.55. The normalized spacial score (nSPS) is 12.4. The molecule has 0 aliphatic carbocycles. The van der Waals surface area contributed by atoms with Gasteiger partial charge in [-0.15, -0.1) is 0 Å². The average Bonchev–Trinajstić information content (AvgIpc) is 2.81. The first kappa shape index (κ1) is 13.2. The van der Waals surface area contributed by atoms with Crippen molar-refractivity contribution in [3.05, 3.63) is 41.9 Å². The Balaban J connectivity index is 2.25. The first-order valence-corrected chi connectivity index (χ1v) is 5.69. The van der Waals surface area contributed by atoms with Gasteiger partial charge in [0.2, 0.25) is 0 Å². The van der Waals surface area contributed by atoms with Crippen LogP contribution in [0.3, 0.4) is 0 Å². The SMILES string of the molecule is CC(CC(=O)O)c1ncc(-c2ccc(F)c(F)c2)[nH]1. The van der Waals surface area contributed by atoms with Gasteiger partial charge in [-0.2, -0.15) is 0 Å². The zero-order chi connectivity index (χ0) is 14.0. The lowest BCUT2D eigenvalue weighted by atomic mass is 10.1. The summed E-state index contributed by atoms with van der Waals surface area (Å²) in [5, 5.41) is 8.70. The molecule has 0 aliphatic rings. The smallest absolute Gasteiger partial charge is 0.304 e. The summed E-state index contributed by atoms with van der Waals surface area (Å²) in [6.07, 6.45) is 1.42. The Morgan fingerprint density at radius 3 is 2.79 bits per heavy atom. The summed E-state index contributed by atoms with van der Waals surface area (Å²) in [7, 11) is 0. The monoisotopic (exact) mass is 266 g/mol. The maximum atomic E-state index is 13.1. The molecule has 0 amide bonds. The lowest BCUT2D eigenvalue weighted by Crippen LogP contribution is -2.04. The molecule has 0 radical (unpaired) electrons. The minimum Gasteiger partial charge on any atom is -0.481 e. The molecule has 1 heterocycles. The molecule has 1 atom stereocenters. The van der Waals surface area contributed by atoms with Crippen LogP contribution >= 0.6 is 0 Å². The quantitative estimate of drug-likeness (QED) is 0.894. The van der Waals surface area contributed by atoms with E-state index in [0.717, 1.165) is 12.1 Å². The highest BCUT2D eigenvalue weighted by Crippen LogP contribution is 2.23. The Hall–Kier alpha value is -2.24. The molecule has 0 saturated carbocycles. The molecule has 19 heavy (non-hydrogen) atoms. The molecule has 0 bridgehead atoms. The van der Waals surface area contributed by atoms with E-state index in [-0.39, 0.29) is 12.3 Å². The molecule has 0 saturated heterocycles. The van der Waals surface area contributed by atoms with Crippen molar-refractivity contribution in [2.75, 3.05) is 0 Å². The minimum atomic E-state index is -0.938. The molecule has 2 rings (SSSR count). The largest absolute Gasteiger partial charge is 0.481 e. The summed E-state index contributed by atoms with van der Waals surface area (Å²) in [6, 6.07) is 3.53. The first-order chi connectivity index (χ1) is 8.97. The highest BCUT2D eigenvalue weighted by Gasteiger charge is 2.14. The van der Waals surface area contributed by atoms with E-state index in [1.165, 1.54) is 12.3 Å². The number of hydrogen-bond acceptors (Lipinski definition) is 2. The van der Waals surface area contributed by atoms with Crippen LogP contribution in [0.4, 0.5) is 8.78 Å². The van der Waals surface area contributed by atoms with Gasteiger partial charge in [0, 0.05) is 11.5 Å². The van der Waals surface area contributed by atoms with Crippen LogP contribution < -0.4 is 0 Å². The molecule has 1 unspecified atom stereocenters. The van der Waals surface area contributed by atoms with Crippen LogP contribution in [0.2, 0.25) is 0 Å². The van der Waals surface area contributed by atoms with Crippen molar-refractivity contribution in [3.63, 3.8) is 0 Å². The molecular weight excluding hydrogens is 254 g/mol. The fourth-order valence-electron chi connectivity index (χ4n) is 1.76. The lowest BCUT2D eigenvalue weighted by molar-refractivity contribution is -0.137. The topological polar surface area (TPSA) is 66.0 Å². The second kappa shape index (κ2) is 5.17. The third kappa shape index (κ3) is 2.96. The van der Waals surface area contributed by atoms with Gasteiger partial charge in [0.1, 0.15) is 5.82 Å². The fraction of sp³-hybridized carbons (Fsp3) is 0.231. The molecule has 2 N–H and O–H groups in total. The Labute approximate surface area is 108 Å². The number of nitrogens with zero attached hydrogens (tertiary/aromatic N) is 1. The first-order valence-electron chi connectivity index (χ1n) is 5.69. The molecule has 0 spiro atoms. The number of rotatable bonds is 4. The van der Waals surface area contributed by atoms with E-state index < -0.39 is 17.6 Å². The van der Waals surface area contributed by atoms with Crippen LogP contribution in [0.1, 0.15) is 25.1 Å². The van der Waals surface area contributed by atoms with Crippen molar-refractivity contribution in [1.29, 1.82) is 0 Å². The third-order valence-electron chi connectivity index (χ3n) is 2.77. The zero-order valence-corrected chi connectivity index (χ0v) is 10.2. The highest BCUT2D eigenvalue weighted by atomic mass is 19.2. The predicted molar refractivity (Wildman–Crippen MR) is 64.6 cm³/mol. The Bertz CT molecular complexity index is 610. The molecule has 1 aromatic heterocycles. The van der Waals surface area contributed by atoms with Gasteiger partial charge < -0.3 is 10.1 Å². The van der Waals surface area contributed by atoms with Crippen LogP contribution in [-0.2, 0) is 4.79 Å². The van der Waals surface area contributed by atoms with Crippen molar-refractivity contribution in [3.8, 4) is 11.3 Å². The number of carboxylic acids is 1. The van der Waals surface area contributed by atoms with Crippen LogP contribution in [0, 0.1) is 11.6 Å². The Morgan fingerprint density at radius 1 is 1.42 bits per heavy atom. The molecule has 0 fully saturated rings. The molecule has 4 nitrogen and oxygen atoms in total. The summed E-state index contributed by atoms with van der Waals surface area (Å²) in [4.78, 5) is 17.6. The summed E-state index contributed by atoms with van der Waals surface area (Å²) >= 11 is 0. The second-order valence-corrected chi connectivity index (χ2v) is 4.31. The van der Waals surface area contributed by atoms with E-state index >= 15 is 0 Å². The van der Waals surface area contributed by atoms with Crippen molar-refractivity contribution >= 4 is 5.97 Å². The second-order valence-electron chi connectivity index (χ2n) is 4.31. The number of aromatic nitrogens is 2. The van der Waals surface area contributed by atoms with Gasteiger partial charge in [-0.1, -0.05) is 6.92 Å². The number of benzene rings is 1. The van der Waals surface area contributed by atoms with E-state index in [4.69, 9.17) is 5.11 Å². The van der Waals surface area contributed by atoms with Crippen molar-refractivity contribution < 1.29 is 18.7 Å². The van der Waals surface area contributed by atoms with Gasteiger partial charge >= 0.3 is 5.97 Å². The van der Waals surface area contributed by atoms with Crippen molar-refractivity contribution in [2.24, 2.45) is 0 Å². The number of nitrogens with one attached hydrogen (secondary N) is 1. The standard InChI is InChI=1S/C13H12F2N2O2/c1-7(4-12(18)19)13-16-6-11(17-13)8-2-3-9(14)10(15)5-8/h2-3,5-7H,4H2,1H3,(H,16,17)(H,18,19). The predicted octanol–water partition coefficient (Wildman–Crippen LogP) is 2.93. The Morgan fingerprint density at radius 2 is 2.16 bits per heavy atom. The van der Waals surface area contributed by atoms with Gasteiger partial charge in [-0.05, 0) is 18.2 Å². The lowest BCUT2D eigenvalue weighted by Gasteiger charge is -2.04. The number of H-pyrrole nitrogens is 1. The van der Waals surface area contributed by atoms with Crippen molar-refractivity contribution in [2.45, 2.75) is 19.3 Å². The number of aromatic amines is 1. The number of halogens is 2. The fourth-order valence-corrected chi connectivity index (χ4v) is 1.76. The maximum absolute atomic E-state index is 13.1. The molecule has 0 aliphatic heterocycles. The average molecular weight is 266 g/mol. The molecule has 6 heteroatoms. The van der Waals surface area contributed by atoms with Crippen LogP contribution in [-0.4, -0.2) is 21.0 Å². The zero-order valence-electron chi connectivity index (χ0n) is 10.2. The van der Waals surface area contributed by atoms with Gasteiger partial charge in [0.25, 0.3) is 0 Å². The van der Waals surface area contributed by atoms with E-state index in [2.05, 4.69) is 9.97 Å². The van der Waals surface area contributed by atoms with Gasteiger partial charge in [0.05, 0.1) is 18.3 Å². The van der Waals surface area contributed by atoms with Gasteiger partial charge in [-0.3, -0.25) is 4.79 Å². The number of carboxylic acid groups (broad SMARTS) is 1. The molecule has 2 aromatic rings. The highest BCUT2D eigenvalue weighted by molar-refractivity contribution is 5.67. The van der Waals surface area contributed by atoms with Gasteiger partial charge in [-0.25, -0.2) is 13.8 Å². The summed E-state index contributed by atoms with van der Waals surface area (Å²) in [6.45, 7) is 1.72. The number of imidazole rings is 1. The van der Waals surface area contributed by atoms with Crippen LogP contribution in [0.15, 0.2) is 24.4 Å². The maximum Gasteiger partial charge on any atom is 0.304 e. The third-order valence-corrected chi connectivity index (χ3v) is 2.77. The van der Waals surface area contributed by atoms with E-state index in [1.807, 2.05) is 0 Å². The Kier molecular flexibility index (Phi) is 3.59. The number of aliphatic carboxylic acids is 1. The van der Waals surface area contributed by atoms with E-state index in [1.54, 1.807) is 6.92 Å². The summed E-state index contributed by atoms with van der Waals surface area (Å²) in [5.41, 5.74) is 0.978. The van der Waals surface area contributed by atoms with Crippen molar-refractivity contribution in [1.82, 2.24) is 9.97 Å². The van der Waals surface area contributed by atoms with Crippen LogP contribution in [0.25, 0.3) is 11.3 Å². The number of hydrogen-bond donors (Lipinski definition) is 2.